The molecule has 2 atom stereocenters. The van der Waals surface area contributed by atoms with Crippen molar-refractivity contribution in [3.63, 3.8) is 0 Å². The third kappa shape index (κ3) is 2.89. The first-order valence-electron chi connectivity index (χ1n) is 6.18. The summed E-state index contributed by atoms with van der Waals surface area (Å²) < 4.78 is 6.76. The third-order valence-electron chi connectivity index (χ3n) is 3.36. The SMILES string of the molecule is CC1CN(Cc2nnc(-c3ccc(Br)s3)o2)CC1N. The zero-order valence-electron chi connectivity index (χ0n) is 10.5. The summed E-state index contributed by atoms with van der Waals surface area (Å²) in [5.41, 5.74) is 6.01. The van der Waals surface area contributed by atoms with Gasteiger partial charge in [0.15, 0.2) is 0 Å². The molecule has 1 saturated heterocycles. The van der Waals surface area contributed by atoms with Crippen molar-refractivity contribution in [2.75, 3.05) is 13.1 Å². The normalized spacial score (nSPS) is 24.2. The molecule has 0 saturated carbocycles. The van der Waals surface area contributed by atoms with Gasteiger partial charge in [-0.25, -0.2) is 0 Å². The van der Waals surface area contributed by atoms with Gasteiger partial charge in [-0.1, -0.05) is 6.92 Å². The largest absolute Gasteiger partial charge is 0.419 e. The second kappa shape index (κ2) is 5.32. The Morgan fingerprint density at radius 2 is 2.32 bits per heavy atom. The number of nitrogens with two attached hydrogens (primary N) is 1. The number of nitrogens with zero attached hydrogens (tertiary/aromatic N) is 3. The molecule has 102 valence electrons. The molecule has 1 fully saturated rings. The maximum atomic E-state index is 6.01. The van der Waals surface area contributed by atoms with Crippen molar-refractivity contribution < 1.29 is 4.42 Å². The number of likely N-dealkylation sites (tertiary alicyclic amines) is 1. The molecular formula is C12H15BrN4OS. The zero-order valence-corrected chi connectivity index (χ0v) is 12.9. The standard InChI is InChI=1S/C12H15BrN4OS/c1-7-4-17(5-8(7)14)6-11-15-16-12(18-11)9-2-3-10(13)19-9/h2-3,7-8H,4-6,14H2,1H3. The Morgan fingerprint density at radius 1 is 1.47 bits per heavy atom. The summed E-state index contributed by atoms with van der Waals surface area (Å²) in [6, 6.07) is 4.20. The first kappa shape index (κ1) is 13.2. The van der Waals surface area contributed by atoms with Gasteiger partial charge in [0.05, 0.1) is 15.2 Å². The minimum atomic E-state index is 0.246. The molecule has 3 rings (SSSR count). The van der Waals surface area contributed by atoms with E-state index in [9.17, 15) is 0 Å². The highest BCUT2D eigenvalue weighted by Gasteiger charge is 2.27. The van der Waals surface area contributed by atoms with Gasteiger partial charge in [-0.05, 0) is 34.0 Å². The lowest BCUT2D eigenvalue weighted by Crippen LogP contribution is -2.28. The van der Waals surface area contributed by atoms with Crippen molar-refractivity contribution in [1.29, 1.82) is 0 Å². The Bertz CT molecular complexity index is 560. The Labute approximate surface area is 123 Å². The highest BCUT2D eigenvalue weighted by molar-refractivity contribution is 9.11. The van der Waals surface area contributed by atoms with Crippen molar-refractivity contribution >= 4 is 27.3 Å². The van der Waals surface area contributed by atoms with Crippen LogP contribution >= 0.6 is 27.3 Å². The first-order chi connectivity index (χ1) is 9.11. The molecule has 0 spiro atoms. The summed E-state index contributed by atoms with van der Waals surface area (Å²) >= 11 is 5.01. The lowest BCUT2D eigenvalue weighted by atomic mass is 10.1. The quantitative estimate of drug-likeness (QED) is 0.927. The van der Waals surface area contributed by atoms with Gasteiger partial charge in [-0.3, -0.25) is 4.90 Å². The van der Waals surface area contributed by atoms with Gasteiger partial charge in [0.1, 0.15) is 0 Å². The molecule has 0 bridgehead atoms. The van der Waals surface area contributed by atoms with Gasteiger partial charge in [-0.2, -0.15) is 0 Å². The summed E-state index contributed by atoms with van der Waals surface area (Å²) in [5, 5.41) is 8.20. The lowest BCUT2D eigenvalue weighted by Gasteiger charge is -2.11. The van der Waals surface area contributed by atoms with Crippen LogP contribution in [0.25, 0.3) is 10.8 Å². The van der Waals surface area contributed by atoms with E-state index in [1.165, 1.54) is 0 Å². The monoisotopic (exact) mass is 342 g/mol. The van der Waals surface area contributed by atoms with E-state index in [0.717, 1.165) is 21.8 Å². The molecule has 19 heavy (non-hydrogen) atoms. The molecule has 7 heteroatoms. The predicted molar refractivity (Wildman–Crippen MR) is 77.7 cm³/mol. The van der Waals surface area contributed by atoms with E-state index in [4.69, 9.17) is 10.2 Å². The van der Waals surface area contributed by atoms with E-state index < -0.39 is 0 Å². The fraction of sp³-hybridized carbons (Fsp3) is 0.500. The molecule has 1 aliphatic rings. The van der Waals surface area contributed by atoms with Gasteiger partial charge < -0.3 is 10.2 Å². The molecule has 0 radical (unpaired) electrons. The van der Waals surface area contributed by atoms with E-state index >= 15 is 0 Å². The summed E-state index contributed by atoms with van der Waals surface area (Å²) in [5.74, 6) is 1.76. The fourth-order valence-corrected chi connectivity index (χ4v) is 3.57. The zero-order chi connectivity index (χ0) is 13.4. The molecule has 1 aliphatic heterocycles. The van der Waals surface area contributed by atoms with E-state index in [0.29, 0.717) is 24.2 Å². The van der Waals surface area contributed by atoms with E-state index in [2.05, 4.69) is 38.0 Å². The van der Waals surface area contributed by atoms with Crippen molar-refractivity contribution in [3.05, 3.63) is 21.8 Å². The maximum Gasteiger partial charge on any atom is 0.257 e. The molecule has 2 aromatic heterocycles. The van der Waals surface area contributed by atoms with Crippen LogP contribution in [0.3, 0.4) is 0 Å². The van der Waals surface area contributed by atoms with Crippen LogP contribution < -0.4 is 5.73 Å². The number of hydrogen-bond acceptors (Lipinski definition) is 6. The van der Waals surface area contributed by atoms with Crippen LogP contribution in [0.15, 0.2) is 20.3 Å². The van der Waals surface area contributed by atoms with Gasteiger partial charge in [0.25, 0.3) is 5.89 Å². The van der Waals surface area contributed by atoms with Crippen molar-refractivity contribution in [2.45, 2.75) is 19.5 Å². The molecule has 2 unspecified atom stereocenters. The molecule has 2 aromatic rings. The highest BCUT2D eigenvalue weighted by atomic mass is 79.9. The maximum absolute atomic E-state index is 6.01. The highest BCUT2D eigenvalue weighted by Crippen LogP contribution is 2.30. The summed E-state index contributed by atoms with van der Waals surface area (Å²) in [6.07, 6.45) is 0. The molecule has 0 aliphatic carbocycles. The van der Waals surface area contributed by atoms with Crippen LogP contribution in [0.4, 0.5) is 0 Å². The van der Waals surface area contributed by atoms with Crippen molar-refractivity contribution in [1.82, 2.24) is 15.1 Å². The van der Waals surface area contributed by atoms with E-state index in [-0.39, 0.29) is 6.04 Å². The third-order valence-corrected chi connectivity index (χ3v) is 4.97. The molecule has 2 N–H and O–H groups in total. The number of halogens is 1. The molecule has 0 amide bonds. The number of thiophene rings is 1. The van der Waals surface area contributed by atoms with Gasteiger partial charge >= 0.3 is 0 Å². The van der Waals surface area contributed by atoms with E-state index in [1.807, 2.05) is 12.1 Å². The van der Waals surface area contributed by atoms with Crippen LogP contribution in [0, 0.1) is 5.92 Å². The van der Waals surface area contributed by atoms with Crippen molar-refractivity contribution in [3.8, 4) is 10.8 Å². The minimum absolute atomic E-state index is 0.246. The number of hydrogen-bond donors (Lipinski definition) is 1. The Morgan fingerprint density at radius 3 is 2.95 bits per heavy atom. The molecular weight excluding hydrogens is 328 g/mol. The van der Waals surface area contributed by atoms with Crippen molar-refractivity contribution in [2.24, 2.45) is 11.7 Å². The average molecular weight is 343 g/mol. The Balaban J connectivity index is 1.69. The number of rotatable bonds is 3. The van der Waals surface area contributed by atoms with E-state index in [1.54, 1.807) is 11.3 Å². The molecule has 0 aromatic carbocycles. The topological polar surface area (TPSA) is 68.2 Å². The van der Waals surface area contributed by atoms with Gasteiger partial charge in [0.2, 0.25) is 5.89 Å². The minimum Gasteiger partial charge on any atom is -0.419 e. The summed E-state index contributed by atoms with van der Waals surface area (Å²) in [7, 11) is 0. The molecule has 3 heterocycles. The summed E-state index contributed by atoms with van der Waals surface area (Å²) in [6.45, 7) is 4.73. The van der Waals surface area contributed by atoms with Crippen LogP contribution in [-0.2, 0) is 6.54 Å². The fourth-order valence-electron chi connectivity index (χ4n) is 2.26. The lowest BCUT2D eigenvalue weighted by molar-refractivity contribution is 0.283. The van der Waals surface area contributed by atoms with Gasteiger partial charge in [0, 0.05) is 19.1 Å². The molecule has 5 nitrogen and oxygen atoms in total. The van der Waals surface area contributed by atoms with Gasteiger partial charge in [-0.15, -0.1) is 21.5 Å². The second-order valence-corrected chi connectivity index (χ2v) is 7.40. The summed E-state index contributed by atoms with van der Waals surface area (Å²) in [4.78, 5) is 3.24. The second-order valence-electron chi connectivity index (χ2n) is 4.94. The Kier molecular flexibility index (Phi) is 3.70. The number of aromatic nitrogens is 2. The van der Waals surface area contributed by atoms with Crippen LogP contribution in [0.5, 0.6) is 0 Å². The smallest absolute Gasteiger partial charge is 0.257 e. The first-order valence-corrected chi connectivity index (χ1v) is 7.79. The van der Waals surface area contributed by atoms with Crippen LogP contribution in [-0.4, -0.2) is 34.2 Å². The Hall–Kier alpha value is -0.760. The average Bonchev–Trinajstić information content (AvgIpc) is 3.03. The van der Waals surface area contributed by atoms with Crippen LogP contribution in [0.2, 0.25) is 0 Å². The van der Waals surface area contributed by atoms with Crippen LogP contribution in [0.1, 0.15) is 12.8 Å². The predicted octanol–water partition coefficient (Wildman–Crippen LogP) is 2.34.